The molecular weight excluding hydrogens is 335 g/mol. The third-order valence-electron chi connectivity index (χ3n) is 3.04. The van der Waals surface area contributed by atoms with E-state index in [0.29, 0.717) is 11.4 Å². The molecule has 0 saturated carbocycles. The molecule has 7 heteroatoms. The Kier molecular flexibility index (Phi) is 4.78. The number of methoxy groups -OCH3 is 1. The molecule has 118 valence electrons. The van der Waals surface area contributed by atoms with Crippen molar-refractivity contribution in [1.82, 2.24) is 4.98 Å². The number of amides is 1. The lowest BCUT2D eigenvalue weighted by molar-refractivity contribution is -0.113. The first-order valence-electron chi connectivity index (χ1n) is 6.77. The molecule has 0 spiro atoms. The minimum absolute atomic E-state index is 0.195. The molecule has 0 aliphatic carbocycles. The van der Waals surface area contributed by atoms with Crippen molar-refractivity contribution in [2.45, 2.75) is 4.34 Å². The molecule has 1 aromatic heterocycles. The molecule has 3 aromatic rings. The van der Waals surface area contributed by atoms with Gasteiger partial charge in [0.1, 0.15) is 11.6 Å². The number of hydrogen-bond acceptors (Lipinski definition) is 5. The molecule has 0 bridgehead atoms. The number of thioether (sulfide) groups is 1. The zero-order chi connectivity index (χ0) is 16.2. The molecule has 0 unspecified atom stereocenters. The molecule has 4 nitrogen and oxygen atoms in total. The Labute approximate surface area is 140 Å². The Morgan fingerprint density at radius 1 is 1.35 bits per heavy atom. The van der Waals surface area contributed by atoms with Crippen molar-refractivity contribution >= 4 is 44.9 Å². The Balaban J connectivity index is 1.63. The minimum atomic E-state index is -0.413. The second kappa shape index (κ2) is 6.97. The smallest absolute Gasteiger partial charge is 0.234 e. The van der Waals surface area contributed by atoms with Gasteiger partial charge in [0, 0.05) is 6.07 Å². The second-order valence-electron chi connectivity index (χ2n) is 4.63. The standard InChI is InChI=1S/C16H13FN2O2S2/c1-21-13-8-10(17)6-7-11(13)18-15(20)9-22-16-19-12-4-2-3-5-14(12)23-16/h2-8H,9H2,1H3,(H,18,20). The van der Waals surface area contributed by atoms with E-state index in [1.165, 1.54) is 37.1 Å². The molecule has 0 fully saturated rings. The third kappa shape index (κ3) is 3.80. The molecule has 0 saturated heterocycles. The normalized spacial score (nSPS) is 10.7. The highest BCUT2D eigenvalue weighted by molar-refractivity contribution is 8.01. The largest absolute Gasteiger partial charge is 0.494 e. The first-order valence-corrected chi connectivity index (χ1v) is 8.57. The summed E-state index contributed by atoms with van der Waals surface area (Å²) < 4.78 is 20.1. The van der Waals surface area contributed by atoms with E-state index >= 15 is 0 Å². The summed E-state index contributed by atoms with van der Waals surface area (Å²) in [6.07, 6.45) is 0. The first kappa shape index (κ1) is 15.8. The average Bonchev–Trinajstić information content (AvgIpc) is 2.97. The number of ether oxygens (including phenoxy) is 1. The fourth-order valence-electron chi connectivity index (χ4n) is 1.99. The van der Waals surface area contributed by atoms with Gasteiger partial charge in [0.05, 0.1) is 28.8 Å². The van der Waals surface area contributed by atoms with Crippen LogP contribution in [0.3, 0.4) is 0 Å². The van der Waals surface area contributed by atoms with Gasteiger partial charge in [-0.3, -0.25) is 4.79 Å². The van der Waals surface area contributed by atoms with Gasteiger partial charge in [0.25, 0.3) is 0 Å². The quantitative estimate of drug-likeness (QED) is 0.703. The molecule has 1 amide bonds. The summed E-state index contributed by atoms with van der Waals surface area (Å²) in [7, 11) is 1.43. The summed E-state index contributed by atoms with van der Waals surface area (Å²) in [5, 5.41) is 2.72. The number of nitrogens with one attached hydrogen (secondary N) is 1. The zero-order valence-corrected chi connectivity index (χ0v) is 13.8. The van der Waals surface area contributed by atoms with Crippen LogP contribution in [0.2, 0.25) is 0 Å². The number of anilines is 1. The molecule has 3 rings (SSSR count). The number of nitrogens with zero attached hydrogens (tertiary/aromatic N) is 1. The highest BCUT2D eigenvalue weighted by Gasteiger charge is 2.11. The summed E-state index contributed by atoms with van der Waals surface area (Å²) in [6.45, 7) is 0. The number of thiazole rings is 1. The van der Waals surface area contributed by atoms with Crippen LogP contribution in [0.25, 0.3) is 10.2 Å². The van der Waals surface area contributed by atoms with E-state index in [2.05, 4.69) is 10.3 Å². The van der Waals surface area contributed by atoms with Crippen LogP contribution in [0.1, 0.15) is 0 Å². The van der Waals surface area contributed by atoms with E-state index in [1.807, 2.05) is 24.3 Å². The molecule has 23 heavy (non-hydrogen) atoms. The maximum Gasteiger partial charge on any atom is 0.234 e. The molecule has 1 N–H and O–H groups in total. The predicted octanol–water partition coefficient (Wildman–Crippen LogP) is 4.17. The van der Waals surface area contributed by atoms with Crippen molar-refractivity contribution in [3.63, 3.8) is 0 Å². The van der Waals surface area contributed by atoms with Crippen LogP contribution in [-0.4, -0.2) is 23.8 Å². The van der Waals surface area contributed by atoms with Crippen LogP contribution in [0.4, 0.5) is 10.1 Å². The lowest BCUT2D eigenvalue weighted by Crippen LogP contribution is -2.14. The van der Waals surface area contributed by atoms with Gasteiger partial charge in [-0.05, 0) is 24.3 Å². The average molecular weight is 348 g/mol. The number of carbonyl (C=O) groups is 1. The van der Waals surface area contributed by atoms with Gasteiger partial charge >= 0.3 is 0 Å². The van der Waals surface area contributed by atoms with Gasteiger partial charge in [-0.15, -0.1) is 11.3 Å². The fraction of sp³-hybridized carbons (Fsp3) is 0.125. The Hall–Kier alpha value is -2.12. The second-order valence-corrected chi connectivity index (χ2v) is 6.88. The Bertz CT molecular complexity index is 818. The van der Waals surface area contributed by atoms with Crippen LogP contribution in [-0.2, 0) is 4.79 Å². The summed E-state index contributed by atoms with van der Waals surface area (Å²) >= 11 is 2.92. The van der Waals surface area contributed by atoms with Crippen LogP contribution in [0.15, 0.2) is 46.8 Å². The van der Waals surface area contributed by atoms with Crippen molar-refractivity contribution < 1.29 is 13.9 Å². The van der Waals surface area contributed by atoms with E-state index in [0.717, 1.165) is 14.6 Å². The van der Waals surface area contributed by atoms with E-state index in [4.69, 9.17) is 4.74 Å². The maximum atomic E-state index is 13.1. The van der Waals surface area contributed by atoms with Gasteiger partial charge in [-0.25, -0.2) is 9.37 Å². The Morgan fingerprint density at radius 2 is 2.17 bits per heavy atom. The number of rotatable bonds is 5. The molecule has 0 radical (unpaired) electrons. The summed E-state index contributed by atoms with van der Waals surface area (Å²) in [5.74, 6) is -0.0911. The highest BCUT2D eigenvalue weighted by Crippen LogP contribution is 2.30. The number of para-hydroxylation sites is 1. The number of benzene rings is 2. The number of halogens is 1. The van der Waals surface area contributed by atoms with Gasteiger partial charge < -0.3 is 10.1 Å². The van der Waals surface area contributed by atoms with Crippen molar-refractivity contribution in [3.8, 4) is 5.75 Å². The first-order chi connectivity index (χ1) is 11.2. The molecule has 2 aromatic carbocycles. The number of hydrogen-bond donors (Lipinski definition) is 1. The van der Waals surface area contributed by atoms with E-state index in [-0.39, 0.29) is 11.7 Å². The topological polar surface area (TPSA) is 51.2 Å². The molecular formula is C16H13FN2O2S2. The van der Waals surface area contributed by atoms with E-state index in [1.54, 1.807) is 11.3 Å². The van der Waals surface area contributed by atoms with Gasteiger partial charge in [0.15, 0.2) is 4.34 Å². The molecule has 0 aliphatic rings. The van der Waals surface area contributed by atoms with Crippen LogP contribution in [0, 0.1) is 5.82 Å². The van der Waals surface area contributed by atoms with Crippen molar-refractivity contribution in [2.75, 3.05) is 18.2 Å². The SMILES string of the molecule is COc1cc(F)ccc1NC(=O)CSc1nc2ccccc2s1. The van der Waals surface area contributed by atoms with Crippen molar-refractivity contribution in [1.29, 1.82) is 0 Å². The zero-order valence-electron chi connectivity index (χ0n) is 12.2. The maximum absolute atomic E-state index is 13.1. The lowest BCUT2D eigenvalue weighted by Gasteiger charge is -2.09. The van der Waals surface area contributed by atoms with Gasteiger partial charge in [-0.1, -0.05) is 23.9 Å². The van der Waals surface area contributed by atoms with E-state index in [9.17, 15) is 9.18 Å². The summed E-state index contributed by atoms with van der Waals surface area (Å²) in [5.41, 5.74) is 1.38. The summed E-state index contributed by atoms with van der Waals surface area (Å²) in [4.78, 5) is 16.5. The summed E-state index contributed by atoms with van der Waals surface area (Å²) in [6, 6.07) is 11.8. The van der Waals surface area contributed by atoms with Gasteiger partial charge in [-0.2, -0.15) is 0 Å². The number of fused-ring (bicyclic) bond motifs is 1. The van der Waals surface area contributed by atoms with Crippen LogP contribution < -0.4 is 10.1 Å². The lowest BCUT2D eigenvalue weighted by atomic mass is 10.3. The fourth-order valence-corrected chi connectivity index (χ4v) is 3.86. The van der Waals surface area contributed by atoms with E-state index < -0.39 is 5.82 Å². The van der Waals surface area contributed by atoms with Gasteiger partial charge in [0.2, 0.25) is 5.91 Å². The number of carbonyl (C=O) groups excluding carboxylic acids is 1. The minimum Gasteiger partial charge on any atom is -0.494 e. The third-order valence-corrected chi connectivity index (χ3v) is 5.22. The van der Waals surface area contributed by atoms with Crippen molar-refractivity contribution in [2.24, 2.45) is 0 Å². The predicted molar refractivity (Wildman–Crippen MR) is 91.9 cm³/mol. The Morgan fingerprint density at radius 3 is 2.96 bits per heavy atom. The van der Waals surface area contributed by atoms with Crippen LogP contribution >= 0.6 is 23.1 Å². The molecule has 1 heterocycles. The molecule has 0 aliphatic heterocycles. The monoisotopic (exact) mass is 348 g/mol. The highest BCUT2D eigenvalue weighted by atomic mass is 32.2. The molecule has 0 atom stereocenters. The number of aromatic nitrogens is 1. The van der Waals surface area contributed by atoms with Crippen molar-refractivity contribution in [3.05, 3.63) is 48.3 Å². The van der Waals surface area contributed by atoms with Crippen LogP contribution in [0.5, 0.6) is 5.75 Å².